The van der Waals surface area contributed by atoms with Crippen molar-refractivity contribution in [3.63, 3.8) is 0 Å². The molecule has 0 saturated carbocycles. The number of thiazole rings is 1. The first kappa shape index (κ1) is 16.1. The number of hydrogen-bond acceptors (Lipinski definition) is 4. The van der Waals surface area contributed by atoms with Crippen LogP contribution in [0.2, 0.25) is 0 Å². The maximum Gasteiger partial charge on any atom is 0.273 e. The van der Waals surface area contributed by atoms with Crippen LogP contribution in [-0.2, 0) is 0 Å². The van der Waals surface area contributed by atoms with E-state index in [1.165, 1.54) is 22.5 Å². The third kappa shape index (κ3) is 3.16. The minimum Gasteiger partial charge on any atom is -0.334 e. The lowest BCUT2D eigenvalue weighted by Gasteiger charge is -2.20. The number of amides is 1. The molecule has 1 aromatic heterocycles. The van der Waals surface area contributed by atoms with Gasteiger partial charge in [0.05, 0.1) is 0 Å². The summed E-state index contributed by atoms with van der Waals surface area (Å²) < 4.78 is 0. The number of nitrogens with two attached hydrogens (primary N) is 1. The molecule has 1 aliphatic heterocycles. The number of carbonyl (C=O) groups is 1. The molecule has 0 aliphatic carbocycles. The van der Waals surface area contributed by atoms with Crippen LogP contribution in [0.15, 0.2) is 23.6 Å². The summed E-state index contributed by atoms with van der Waals surface area (Å²) in [5.74, 6) is 0.437. The van der Waals surface area contributed by atoms with E-state index in [0.29, 0.717) is 18.2 Å². The van der Waals surface area contributed by atoms with Gasteiger partial charge in [-0.1, -0.05) is 23.8 Å². The van der Waals surface area contributed by atoms with Crippen LogP contribution in [0.5, 0.6) is 0 Å². The van der Waals surface area contributed by atoms with Crippen molar-refractivity contribution in [3.05, 3.63) is 40.4 Å². The number of hydrogen-bond donors (Lipinski definition) is 1. The van der Waals surface area contributed by atoms with Crippen molar-refractivity contribution in [1.82, 2.24) is 9.88 Å². The van der Waals surface area contributed by atoms with E-state index in [2.05, 4.69) is 44.0 Å². The van der Waals surface area contributed by atoms with E-state index in [-0.39, 0.29) is 11.9 Å². The molecule has 1 aromatic carbocycles. The van der Waals surface area contributed by atoms with Crippen molar-refractivity contribution < 1.29 is 4.79 Å². The van der Waals surface area contributed by atoms with E-state index in [0.717, 1.165) is 23.5 Å². The average Bonchev–Trinajstić information content (AvgIpc) is 3.13. The van der Waals surface area contributed by atoms with Gasteiger partial charge in [-0.2, -0.15) is 0 Å². The fourth-order valence-corrected chi connectivity index (χ4v) is 4.18. The highest BCUT2D eigenvalue weighted by Gasteiger charge is 2.33. The van der Waals surface area contributed by atoms with Crippen LogP contribution in [0, 0.1) is 19.8 Å². The van der Waals surface area contributed by atoms with E-state index in [1.54, 1.807) is 0 Å². The van der Waals surface area contributed by atoms with Gasteiger partial charge in [0.15, 0.2) is 0 Å². The number of nitrogens with zero attached hydrogens (tertiary/aromatic N) is 2. The molecule has 1 fully saturated rings. The maximum absolute atomic E-state index is 12.7. The molecular formula is C18H23N3OS. The second-order valence-corrected chi connectivity index (χ2v) is 7.36. The van der Waals surface area contributed by atoms with Crippen molar-refractivity contribution in [1.29, 1.82) is 0 Å². The SMILES string of the molecule is Cc1ccc(-c2nc(C(=O)N3CC(CN)CC3C)cs2)c(C)c1. The Morgan fingerprint density at radius 3 is 2.87 bits per heavy atom. The van der Waals surface area contributed by atoms with Crippen LogP contribution in [-0.4, -0.2) is 34.9 Å². The number of aromatic nitrogens is 1. The highest BCUT2D eigenvalue weighted by atomic mass is 32.1. The molecule has 2 N–H and O–H groups in total. The molecule has 3 rings (SSSR count). The topological polar surface area (TPSA) is 59.2 Å². The van der Waals surface area contributed by atoms with Gasteiger partial charge < -0.3 is 10.6 Å². The van der Waals surface area contributed by atoms with Crippen LogP contribution in [0.25, 0.3) is 10.6 Å². The second-order valence-electron chi connectivity index (χ2n) is 6.50. The van der Waals surface area contributed by atoms with E-state index >= 15 is 0 Å². The first-order valence-electron chi connectivity index (χ1n) is 8.03. The smallest absolute Gasteiger partial charge is 0.273 e. The molecule has 2 aromatic rings. The summed E-state index contributed by atoms with van der Waals surface area (Å²) in [4.78, 5) is 19.2. The number of aryl methyl sites for hydroxylation is 2. The van der Waals surface area contributed by atoms with Crippen molar-refractivity contribution in [3.8, 4) is 10.6 Å². The predicted molar refractivity (Wildman–Crippen MR) is 94.7 cm³/mol. The summed E-state index contributed by atoms with van der Waals surface area (Å²) in [6.07, 6.45) is 0.982. The molecular weight excluding hydrogens is 306 g/mol. The summed E-state index contributed by atoms with van der Waals surface area (Å²) in [5, 5.41) is 2.78. The van der Waals surface area contributed by atoms with Crippen molar-refractivity contribution >= 4 is 17.2 Å². The predicted octanol–water partition coefficient (Wildman–Crippen LogP) is 3.24. The Morgan fingerprint density at radius 2 is 2.22 bits per heavy atom. The molecule has 0 spiro atoms. The molecule has 122 valence electrons. The Hall–Kier alpha value is -1.72. The van der Waals surface area contributed by atoms with Crippen LogP contribution >= 0.6 is 11.3 Å². The Kier molecular flexibility index (Phi) is 4.50. The van der Waals surface area contributed by atoms with Crippen molar-refractivity contribution in [2.24, 2.45) is 11.7 Å². The molecule has 5 heteroatoms. The second kappa shape index (κ2) is 6.42. The third-order valence-electron chi connectivity index (χ3n) is 4.59. The van der Waals surface area contributed by atoms with Gasteiger partial charge in [0.25, 0.3) is 5.91 Å². The van der Waals surface area contributed by atoms with Crippen molar-refractivity contribution in [2.45, 2.75) is 33.2 Å². The van der Waals surface area contributed by atoms with Crippen molar-refractivity contribution in [2.75, 3.05) is 13.1 Å². The van der Waals surface area contributed by atoms with E-state index in [4.69, 9.17) is 5.73 Å². The largest absolute Gasteiger partial charge is 0.334 e. The Balaban J connectivity index is 1.83. The van der Waals surface area contributed by atoms with Gasteiger partial charge in [-0.15, -0.1) is 11.3 Å². The zero-order valence-electron chi connectivity index (χ0n) is 13.9. The zero-order valence-corrected chi connectivity index (χ0v) is 14.7. The Labute approximate surface area is 141 Å². The molecule has 1 saturated heterocycles. The maximum atomic E-state index is 12.7. The van der Waals surface area contributed by atoms with Gasteiger partial charge in [-0.3, -0.25) is 4.79 Å². The molecule has 0 radical (unpaired) electrons. The van der Waals surface area contributed by atoms with Crippen LogP contribution in [0.3, 0.4) is 0 Å². The summed E-state index contributed by atoms with van der Waals surface area (Å²) in [6.45, 7) is 7.63. The average molecular weight is 329 g/mol. The Bertz CT molecular complexity index is 725. The summed E-state index contributed by atoms with van der Waals surface area (Å²) in [6, 6.07) is 6.55. The molecule has 2 unspecified atom stereocenters. The van der Waals surface area contributed by atoms with Gasteiger partial charge >= 0.3 is 0 Å². The van der Waals surface area contributed by atoms with E-state index in [9.17, 15) is 4.79 Å². The van der Waals surface area contributed by atoms with Gasteiger partial charge in [-0.25, -0.2) is 4.98 Å². The first-order valence-corrected chi connectivity index (χ1v) is 8.91. The number of likely N-dealkylation sites (tertiary alicyclic amines) is 1. The van der Waals surface area contributed by atoms with Crippen LogP contribution < -0.4 is 5.73 Å². The lowest BCUT2D eigenvalue weighted by atomic mass is 10.1. The molecule has 2 atom stereocenters. The number of rotatable bonds is 3. The highest BCUT2D eigenvalue weighted by molar-refractivity contribution is 7.13. The molecule has 4 nitrogen and oxygen atoms in total. The van der Waals surface area contributed by atoms with Crippen LogP contribution in [0.4, 0.5) is 0 Å². The van der Waals surface area contributed by atoms with E-state index < -0.39 is 0 Å². The standard InChI is InChI=1S/C18H23N3OS/c1-11-4-5-15(12(2)6-11)17-20-16(10-23-17)18(22)21-9-14(8-19)7-13(21)3/h4-6,10,13-14H,7-9,19H2,1-3H3. The third-order valence-corrected chi connectivity index (χ3v) is 5.47. The summed E-state index contributed by atoms with van der Waals surface area (Å²) in [7, 11) is 0. The molecule has 0 bridgehead atoms. The zero-order chi connectivity index (χ0) is 16.6. The van der Waals surface area contributed by atoms with Gasteiger partial charge in [0, 0.05) is 23.5 Å². The fraction of sp³-hybridized carbons (Fsp3) is 0.444. The monoisotopic (exact) mass is 329 g/mol. The molecule has 1 amide bonds. The van der Waals surface area contributed by atoms with Gasteiger partial charge in [0.2, 0.25) is 0 Å². The fourth-order valence-electron chi connectivity index (χ4n) is 3.29. The lowest BCUT2D eigenvalue weighted by Crippen LogP contribution is -2.34. The normalized spacial score (nSPS) is 21.0. The van der Waals surface area contributed by atoms with Crippen LogP contribution in [0.1, 0.15) is 35.0 Å². The molecule has 23 heavy (non-hydrogen) atoms. The lowest BCUT2D eigenvalue weighted by molar-refractivity contribution is 0.0738. The first-order chi connectivity index (χ1) is 11.0. The minimum atomic E-state index is 0.0284. The van der Waals surface area contributed by atoms with Gasteiger partial charge in [-0.05, 0) is 45.2 Å². The van der Waals surface area contributed by atoms with E-state index in [1.807, 2.05) is 10.3 Å². The quantitative estimate of drug-likeness (QED) is 0.940. The molecule has 2 heterocycles. The highest BCUT2D eigenvalue weighted by Crippen LogP contribution is 2.29. The molecule has 1 aliphatic rings. The summed E-state index contributed by atoms with van der Waals surface area (Å²) in [5.41, 5.74) is 9.84. The minimum absolute atomic E-state index is 0.0284. The Morgan fingerprint density at radius 1 is 1.43 bits per heavy atom. The summed E-state index contributed by atoms with van der Waals surface area (Å²) >= 11 is 1.53. The number of carbonyl (C=O) groups excluding carboxylic acids is 1. The number of benzene rings is 1. The van der Waals surface area contributed by atoms with Gasteiger partial charge in [0.1, 0.15) is 10.7 Å².